The minimum absolute atomic E-state index is 0.250. The lowest BCUT2D eigenvalue weighted by molar-refractivity contribution is 0.376. The second kappa shape index (κ2) is 6.35. The molecule has 1 atom stereocenters. The molecule has 108 valence electrons. The van der Waals surface area contributed by atoms with Crippen molar-refractivity contribution in [3.8, 4) is 6.07 Å². The van der Waals surface area contributed by atoms with Crippen molar-refractivity contribution in [1.82, 2.24) is 10.0 Å². The lowest BCUT2D eigenvalue weighted by Crippen LogP contribution is -2.38. The van der Waals surface area contributed by atoms with Crippen molar-refractivity contribution >= 4 is 10.0 Å². The fourth-order valence-electron chi connectivity index (χ4n) is 2.42. The SMILES string of the molecule is Cc1cc(C#N)ccc1S(=O)(=O)NCC1CCCNC1. The lowest BCUT2D eigenvalue weighted by atomic mass is 10.0. The summed E-state index contributed by atoms with van der Waals surface area (Å²) in [5, 5.41) is 12.1. The maximum atomic E-state index is 12.3. The molecule has 2 rings (SSSR count). The fraction of sp³-hybridized carbons (Fsp3) is 0.500. The number of hydrogen-bond acceptors (Lipinski definition) is 4. The second-order valence-electron chi connectivity index (χ2n) is 5.16. The number of piperidine rings is 1. The average Bonchev–Trinajstić information content (AvgIpc) is 2.46. The van der Waals surface area contributed by atoms with E-state index >= 15 is 0 Å². The van der Waals surface area contributed by atoms with Gasteiger partial charge in [0.05, 0.1) is 16.5 Å². The Morgan fingerprint density at radius 3 is 2.90 bits per heavy atom. The summed E-state index contributed by atoms with van der Waals surface area (Å²) < 4.78 is 27.2. The highest BCUT2D eigenvalue weighted by Gasteiger charge is 2.20. The molecule has 1 saturated heterocycles. The predicted molar refractivity (Wildman–Crippen MR) is 76.7 cm³/mol. The minimum atomic E-state index is -3.50. The van der Waals surface area contributed by atoms with Crippen molar-refractivity contribution in [2.75, 3.05) is 19.6 Å². The summed E-state index contributed by atoms with van der Waals surface area (Å²) in [7, 11) is -3.50. The Hall–Kier alpha value is -1.42. The molecule has 5 nitrogen and oxygen atoms in total. The van der Waals surface area contributed by atoms with E-state index in [2.05, 4.69) is 10.0 Å². The van der Waals surface area contributed by atoms with Crippen LogP contribution in [0.25, 0.3) is 0 Å². The normalized spacial score (nSPS) is 19.5. The highest BCUT2D eigenvalue weighted by molar-refractivity contribution is 7.89. The van der Waals surface area contributed by atoms with Crippen LogP contribution in [-0.2, 0) is 10.0 Å². The Kier molecular flexibility index (Phi) is 4.76. The molecule has 0 bridgehead atoms. The molecule has 1 unspecified atom stereocenters. The van der Waals surface area contributed by atoms with Gasteiger partial charge in [-0.25, -0.2) is 13.1 Å². The molecule has 1 aliphatic heterocycles. The zero-order valence-corrected chi connectivity index (χ0v) is 12.3. The second-order valence-corrected chi connectivity index (χ2v) is 6.89. The lowest BCUT2D eigenvalue weighted by Gasteiger charge is -2.23. The van der Waals surface area contributed by atoms with Gasteiger partial charge < -0.3 is 5.32 Å². The third-order valence-electron chi connectivity index (χ3n) is 3.55. The fourth-order valence-corrected chi connectivity index (χ4v) is 3.76. The van der Waals surface area contributed by atoms with Gasteiger partial charge in [-0.2, -0.15) is 5.26 Å². The zero-order chi connectivity index (χ0) is 14.6. The third-order valence-corrected chi connectivity index (χ3v) is 5.14. The van der Waals surface area contributed by atoms with Crippen molar-refractivity contribution in [3.63, 3.8) is 0 Å². The highest BCUT2D eigenvalue weighted by atomic mass is 32.2. The standard InChI is InChI=1S/C14H19N3O2S/c1-11-7-12(8-15)4-5-14(11)20(18,19)17-10-13-3-2-6-16-9-13/h4-5,7,13,16-17H,2-3,6,9-10H2,1H3. The van der Waals surface area contributed by atoms with Crippen LogP contribution >= 0.6 is 0 Å². The summed E-state index contributed by atoms with van der Waals surface area (Å²) in [6.07, 6.45) is 2.13. The monoisotopic (exact) mass is 293 g/mol. The first-order valence-corrected chi connectivity index (χ1v) is 8.22. The summed E-state index contributed by atoms with van der Waals surface area (Å²) in [6, 6.07) is 6.63. The molecule has 0 spiro atoms. The number of nitriles is 1. The molecule has 2 N–H and O–H groups in total. The van der Waals surface area contributed by atoms with Gasteiger partial charge in [0.2, 0.25) is 10.0 Å². The van der Waals surface area contributed by atoms with E-state index in [1.165, 1.54) is 12.1 Å². The largest absolute Gasteiger partial charge is 0.316 e. The van der Waals surface area contributed by atoms with Gasteiger partial charge in [-0.05, 0) is 62.5 Å². The molecule has 20 heavy (non-hydrogen) atoms. The molecule has 0 radical (unpaired) electrons. The van der Waals surface area contributed by atoms with E-state index in [9.17, 15) is 8.42 Å². The molecule has 0 aliphatic carbocycles. The number of benzene rings is 1. The predicted octanol–water partition coefficient (Wildman–Crippen LogP) is 1.14. The molecule has 0 saturated carbocycles. The molecule has 0 amide bonds. The van der Waals surface area contributed by atoms with Gasteiger partial charge in [0.15, 0.2) is 0 Å². The van der Waals surface area contributed by atoms with Crippen LogP contribution in [0.15, 0.2) is 23.1 Å². The van der Waals surface area contributed by atoms with Crippen LogP contribution in [0.3, 0.4) is 0 Å². The first kappa shape index (κ1) is 15.0. The Balaban J connectivity index is 2.08. The topological polar surface area (TPSA) is 82.0 Å². The zero-order valence-electron chi connectivity index (χ0n) is 11.5. The number of rotatable bonds is 4. The van der Waals surface area contributed by atoms with Gasteiger partial charge in [-0.3, -0.25) is 0 Å². The summed E-state index contributed by atoms with van der Waals surface area (Å²) in [4.78, 5) is 0.250. The third kappa shape index (κ3) is 3.57. The molecule has 1 aliphatic rings. The summed E-state index contributed by atoms with van der Waals surface area (Å²) in [5.74, 6) is 0.345. The number of hydrogen-bond donors (Lipinski definition) is 2. The van der Waals surface area contributed by atoms with Crippen molar-refractivity contribution in [2.45, 2.75) is 24.7 Å². The Morgan fingerprint density at radius 1 is 1.50 bits per heavy atom. The Bertz CT molecular complexity index is 614. The van der Waals surface area contributed by atoms with Crippen LogP contribution in [0.4, 0.5) is 0 Å². The van der Waals surface area contributed by atoms with E-state index in [4.69, 9.17) is 5.26 Å². The Labute approximate surface area is 120 Å². The summed E-state index contributed by atoms with van der Waals surface area (Å²) >= 11 is 0. The van der Waals surface area contributed by atoms with Gasteiger partial charge >= 0.3 is 0 Å². The first-order valence-electron chi connectivity index (χ1n) is 6.74. The number of aryl methyl sites for hydroxylation is 1. The van der Waals surface area contributed by atoms with E-state index in [0.717, 1.165) is 25.9 Å². The number of nitrogens with one attached hydrogen (secondary N) is 2. The molecule has 1 heterocycles. The van der Waals surface area contributed by atoms with Crippen LogP contribution < -0.4 is 10.0 Å². The molecular formula is C14H19N3O2S. The van der Waals surface area contributed by atoms with Crippen LogP contribution in [0.5, 0.6) is 0 Å². The molecule has 6 heteroatoms. The maximum Gasteiger partial charge on any atom is 0.240 e. The highest BCUT2D eigenvalue weighted by Crippen LogP contribution is 2.17. The van der Waals surface area contributed by atoms with E-state index < -0.39 is 10.0 Å². The quantitative estimate of drug-likeness (QED) is 0.872. The van der Waals surface area contributed by atoms with Crippen LogP contribution in [-0.4, -0.2) is 28.1 Å². The smallest absolute Gasteiger partial charge is 0.240 e. The summed E-state index contributed by atoms with van der Waals surface area (Å²) in [5.41, 5.74) is 1.07. The van der Waals surface area contributed by atoms with Gasteiger partial charge in [-0.15, -0.1) is 0 Å². The summed E-state index contributed by atoms with van der Waals surface area (Å²) in [6.45, 7) is 4.03. The van der Waals surface area contributed by atoms with Crippen molar-refractivity contribution in [1.29, 1.82) is 5.26 Å². The van der Waals surface area contributed by atoms with Crippen LogP contribution in [0, 0.1) is 24.2 Å². The van der Waals surface area contributed by atoms with E-state index in [-0.39, 0.29) is 4.90 Å². The average molecular weight is 293 g/mol. The number of sulfonamides is 1. The molecule has 1 aromatic rings. The van der Waals surface area contributed by atoms with Crippen LogP contribution in [0.2, 0.25) is 0 Å². The molecule has 1 aromatic carbocycles. The van der Waals surface area contributed by atoms with Gasteiger partial charge in [0, 0.05) is 6.54 Å². The Morgan fingerprint density at radius 2 is 2.30 bits per heavy atom. The maximum absolute atomic E-state index is 12.3. The molecule has 0 aromatic heterocycles. The number of nitrogens with zero attached hydrogens (tertiary/aromatic N) is 1. The molecule has 1 fully saturated rings. The van der Waals surface area contributed by atoms with Crippen molar-refractivity contribution in [2.24, 2.45) is 5.92 Å². The van der Waals surface area contributed by atoms with Crippen LogP contribution in [0.1, 0.15) is 24.0 Å². The molecular weight excluding hydrogens is 274 g/mol. The van der Waals surface area contributed by atoms with Crippen molar-refractivity contribution < 1.29 is 8.42 Å². The van der Waals surface area contributed by atoms with E-state index in [0.29, 0.717) is 23.6 Å². The van der Waals surface area contributed by atoms with E-state index in [1.807, 2.05) is 6.07 Å². The minimum Gasteiger partial charge on any atom is -0.316 e. The van der Waals surface area contributed by atoms with Gasteiger partial charge in [0.1, 0.15) is 0 Å². The van der Waals surface area contributed by atoms with Gasteiger partial charge in [-0.1, -0.05) is 0 Å². The van der Waals surface area contributed by atoms with Crippen molar-refractivity contribution in [3.05, 3.63) is 29.3 Å². The van der Waals surface area contributed by atoms with Gasteiger partial charge in [0.25, 0.3) is 0 Å². The first-order chi connectivity index (χ1) is 9.53. The van der Waals surface area contributed by atoms with E-state index in [1.54, 1.807) is 13.0 Å².